The van der Waals surface area contributed by atoms with Gasteiger partial charge in [-0.3, -0.25) is 4.72 Å². The van der Waals surface area contributed by atoms with Gasteiger partial charge >= 0.3 is 0 Å². The lowest BCUT2D eigenvalue weighted by Gasteiger charge is -2.12. The highest BCUT2D eigenvalue weighted by Crippen LogP contribution is 2.30. The Morgan fingerprint density at radius 3 is 2.62 bits per heavy atom. The molecule has 0 atom stereocenters. The molecular weight excluding hydrogens is 383 g/mol. The van der Waals surface area contributed by atoms with Crippen LogP contribution in [-0.4, -0.2) is 8.42 Å². The van der Waals surface area contributed by atoms with Crippen molar-refractivity contribution >= 4 is 48.9 Å². The number of sulfonamides is 1. The summed E-state index contributed by atoms with van der Waals surface area (Å²) in [5.74, 6) is -0.700. The summed E-state index contributed by atoms with van der Waals surface area (Å²) in [5, 5.41) is 0.260. The third-order valence-electron chi connectivity index (χ3n) is 2.71. The largest absolute Gasteiger partial charge is 0.396 e. The van der Waals surface area contributed by atoms with E-state index < -0.39 is 15.8 Å². The fourth-order valence-electron chi connectivity index (χ4n) is 1.67. The monoisotopic (exact) mass is 392 g/mol. The first kappa shape index (κ1) is 16.1. The molecule has 0 saturated heterocycles. The average molecular weight is 394 g/mol. The second-order valence-corrected chi connectivity index (χ2v) is 7.31. The third kappa shape index (κ3) is 3.48. The van der Waals surface area contributed by atoms with E-state index in [1.54, 1.807) is 25.1 Å². The van der Waals surface area contributed by atoms with E-state index in [4.69, 9.17) is 17.3 Å². The van der Waals surface area contributed by atoms with Gasteiger partial charge in [0.25, 0.3) is 10.0 Å². The Hall–Kier alpha value is -1.31. The molecule has 4 nitrogen and oxygen atoms in total. The molecule has 2 rings (SSSR count). The summed E-state index contributed by atoms with van der Waals surface area (Å²) in [6, 6.07) is 6.99. The van der Waals surface area contributed by atoms with Crippen molar-refractivity contribution in [2.45, 2.75) is 11.8 Å². The minimum atomic E-state index is -3.95. The highest BCUT2D eigenvalue weighted by molar-refractivity contribution is 9.10. The lowest BCUT2D eigenvalue weighted by molar-refractivity contribution is 0.599. The quantitative estimate of drug-likeness (QED) is 0.776. The molecule has 8 heteroatoms. The fourth-order valence-corrected chi connectivity index (χ4v) is 4.01. The lowest BCUT2D eigenvalue weighted by atomic mass is 10.2. The van der Waals surface area contributed by atoms with Crippen LogP contribution in [0.1, 0.15) is 5.56 Å². The predicted molar refractivity (Wildman–Crippen MR) is 85.5 cm³/mol. The van der Waals surface area contributed by atoms with E-state index >= 15 is 0 Å². The number of aryl methyl sites for hydroxylation is 1. The molecule has 2 aromatic rings. The molecule has 0 spiro atoms. The molecule has 0 radical (unpaired) electrons. The van der Waals surface area contributed by atoms with Crippen molar-refractivity contribution in [3.05, 3.63) is 51.2 Å². The van der Waals surface area contributed by atoms with Crippen LogP contribution < -0.4 is 10.5 Å². The van der Waals surface area contributed by atoms with Gasteiger partial charge in [-0.25, -0.2) is 12.8 Å². The van der Waals surface area contributed by atoms with Gasteiger partial charge in [-0.05, 0) is 52.7 Å². The normalized spacial score (nSPS) is 11.4. The summed E-state index contributed by atoms with van der Waals surface area (Å²) in [4.78, 5) is -0.168. The minimum Gasteiger partial charge on any atom is -0.396 e. The Labute approximate surface area is 135 Å². The Kier molecular flexibility index (Phi) is 4.46. The Morgan fingerprint density at radius 1 is 1.29 bits per heavy atom. The number of nitrogens with one attached hydrogen (secondary N) is 1. The summed E-state index contributed by atoms with van der Waals surface area (Å²) < 4.78 is 40.5. The fraction of sp³-hybridized carbons (Fsp3) is 0.0769. The van der Waals surface area contributed by atoms with Crippen molar-refractivity contribution in [3.8, 4) is 0 Å². The number of rotatable bonds is 3. The van der Waals surface area contributed by atoms with Crippen molar-refractivity contribution in [1.82, 2.24) is 0 Å². The maximum atomic E-state index is 13.3. The van der Waals surface area contributed by atoms with Crippen molar-refractivity contribution < 1.29 is 12.8 Å². The van der Waals surface area contributed by atoms with E-state index in [2.05, 4.69) is 20.7 Å². The first-order valence-electron chi connectivity index (χ1n) is 5.74. The maximum Gasteiger partial charge on any atom is 0.263 e. The molecule has 112 valence electrons. The topological polar surface area (TPSA) is 72.2 Å². The molecule has 0 heterocycles. The average Bonchev–Trinajstić information content (AvgIpc) is 2.37. The van der Waals surface area contributed by atoms with E-state index in [1.165, 1.54) is 0 Å². The standard InChI is InChI=1S/C13H11BrClFN2O2S/c1-7-2-3-9(15)12(4-7)18-21(19,20)13-6-11(17)10(16)5-8(13)14/h2-6,18H,17H2,1H3. The van der Waals surface area contributed by atoms with Crippen molar-refractivity contribution in [2.75, 3.05) is 10.5 Å². The molecule has 21 heavy (non-hydrogen) atoms. The van der Waals surface area contributed by atoms with Gasteiger partial charge in [0.05, 0.1) is 16.4 Å². The lowest BCUT2D eigenvalue weighted by Crippen LogP contribution is -2.14. The van der Waals surface area contributed by atoms with Crippen LogP contribution in [0.2, 0.25) is 5.02 Å². The molecule has 0 amide bonds. The molecule has 2 aromatic carbocycles. The zero-order valence-corrected chi connectivity index (χ0v) is 14.0. The summed E-state index contributed by atoms with van der Waals surface area (Å²) in [6.07, 6.45) is 0. The first-order chi connectivity index (χ1) is 9.70. The molecule has 0 saturated carbocycles. The Bertz CT molecular complexity index is 812. The molecule has 0 aliphatic carbocycles. The van der Waals surface area contributed by atoms with Crippen molar-refractivity contribution in [1.29, 1.82) is 0 Å². The molecule has 0 aliphatic heterocycles. The van der Waals surface area contributed by atoms with Gasteiger partial charge in [-0.15, -0.1) is 0 Å². The number of hydrogen-bond donors (Lipinski definition) is 2. The number of anilines is 2. The number of nitrogens with two attached hydrogens (primary N) is 1. The third-order valence-corrected chi connectivity index (χ3v) is 5.36. The van der Waals surface area contributed by atoms with Crippen LogP contribution in [0.25, 0.3) is 0 Å². The summed E-state index contributed by atoms with van der Waals surface area (Å²) >= 11 is 8.98. The highest BCUT2D eigenvalue weighted by Gasteiger charge is 2.21. The zero-order valence-electron chi connectivity index (χ0n) is 10.8. The van der Waals surface area contributed by atoms with Crippen LogP contribution in [0.15, 0.2) is 39.7 Å². The van der Waals surface area contributed by atoms with Crippen LogP contribution >= 0.6 is 27.5 Å². The summed E-state index contributed by atoms with van der Waals surface area (Å²) in [5.41, 5.74) is 6.25. The van der Waals surface area contributed by atoms with Crippen LogP contribution in [0.4, 0.5) is 15.8 Å². The van der Waals surface area contributed by atoms with E-state index in [0.717, 1.165) is 17.7 Å². The second-order valence-electron chi connectivity index (χ2n) is 4.39. The maximum absolute atomic E-state index is 13.3. The Morgan fingerprint density at radius 2 is 1.95 bits per heavy atom. The summed E-state index contributed by atoms with van der Waals surface area (Å²) in [6.45, 7) is 1.81. The number of halogens is 3. The van der Waals surface area contributed by atoms with Crippen LogP contribution in [-0.2, 0) is 10.0 Å². The van der Waals surface area contributed by atoms with Gasteiger partial charge in [0.2, 0.25) is 0 Å². The van der Waals surface area contributed by atoms with Crippen LogP contribution in [0, 0.1) is 12.7 Å². The van der Waals surface area contributed by atoms with E-state index in [0.29, 0.717) is 0 Å². The zero-order chi connectivity index (χ0) is 15.8. The molecule has 3 N–H and O–H groups in total. The molecule has 0 fully saturated rings. The van der Waals surface area contributed by atoms with E-state index in [-0.39, 0.29) is 25.8 Å². The second kappa shape index (κ2) is 5.82. The van der Waals surface area contributed by atoms with Gasteiger partial charge in [-0.1, -0.05) is 17.7 Å². The van der Waals surface area contributed by atoms with Crippen LogP contribution in [0.5, 0.6) is 0 Å². The van der Waals surface area contributed by atoms with Crippen molar-refractivity contribution in [2.24, 2.45) is 0 Å². The van der Waals surface area contributed by atoms with Crippen LogP contribution in [0.3, 0.4) is 0 Å². The van der Waals surface area contributed by atoms with Gasteiger partial charge in [-0.2, -0.15) is 0 Å². The van der Waals surface area contributed by atoms with Gasteiger partial charge in [0.1, 0.15) is 10.7 Å². The molecular formula is C13H11BrClFN2O2S. The number of nitrogen functional groups attached to an aromatic ring is 1. The SMILES string of the molecule is Cc1ccc(Cl)c(NS(=O)(=O)c2cc(N)c(F)cc2Br)c1. The van der Waals surface area contributed by atoms with Gasteiger partial charge in [0, 0.05) is 4.47 Å². The Balaban J connectivity index is 2.48. The highest BCUT2D eigenvalue weighted by atomic mass is 79.9. The van der Waals surface area contributed by atoms with Gasteiger partial charge < -0.3 is 5.73 Å². The molecule has 0 aliphatic rings. The predicted octanol–water partition coefficient (Wildman–Crippen LogP) is 3.93. The van der Waals surface area contributed by atoms with E-state index in [9.17, 15) is 12.8 Å². The molecule has 0 unspecified atom stereocenters. The smallest absolute Gasteiger partial charge is 0.263 e. The summed E-state index contributed by atoms with van der Waals surface area (Å²) in [7, 11) is -3.95. The molecule has 0 bridgehead atoms. The van der Waals surface area contributed by atoms with Crippen molar-refractivity contribution in [3.63, 3.8) is 0 Å². The number of hydrogen-bond acceptors (Lipinski definition) is 3. The van der Waals surface area contributed by atoms with E-state index in [1.807, 2.05) is 0 Å². The molecule has 0 aromatic heterocycles. The first-order valence-corrected chi connectivity index (χ1v) is 8.39. The number of benzene rings is 2. The van der Waals surface area contributed by atoms with Gasteiger partial charge in [0.15, 0.2) is 0 Å². The minimum absolute atomic E-state index is 0.0745.